The highest BCUT2D eigenvalue weighted by Gasteiger charge is 2.41. The molecule has 0 aromatic rings. The van der Waals surface area contributed by atoms with Crippen LogP contribution in [0.25, 0.3) is 0 Å². The number of nitrogens with one attached hydrogen (secondary N) is 1. The van der Waals surface area contributed by atoms with Gasteiger partial charge in [-0.15, -0.1) is 0 Å². The molecule has 0 unspecified atom stereocenters. The lowest BCUT2D eigenvalue weighted by Gasteiger charge is -2.39. The average Bonchev–Trinajstić information content (AvgIpc) is 2.47. The Morgan fingerprint density at radius 1 is 1.30 bits per heavy atom. The molecule has 0 aromatic carbocycles. The normalized spacial score (nSPS) is 33.6. The molecule has 5 nitrogen and oxygen atoms in total. The summed E-state index contributed by atoms with van der Waals surface area (Å²) in [6.45, 7) is 4.06. The van der Waals surface area contributed by atoms with Gasteiger partial charge < -0.3 is 20.9 Å². The molecule has 20 heavy (non-hydrogen) atoms. The minimum atomic E-state index is -0.814. The van der Waals surface area contributed by atoms with Crippen LogP contribution in [0.15, 0.2) is 0 Å². The topological polar surface area (TPSA) is 84.6 Å². The van der Waals surface area contributed by atoms with Crippen LogP contribution < -0.4 is 11.1 Å². The van der Waals surface area contributed by atoms with E-state index < -0.39 is 11.0 Å². The molecule has 5 heteroatoms. The standard InChI is InChI=1S/C15H28N2O3/c1-12-2-4-14(10-16,5-3-12)13(18)17-11-15(19)6-8-20-9-7-15/h12,19H,2-11,16H2,1H3,(H,17,18). The molecule has 0 atom stereocenters. The smallest absolute Gasteiger partial charge is 0.227 e. The summed E-state index contributed by atoms with van der Waals surface area (Å²) in [6.07, 6.45) is 5.00. The van der Waals surface area contributed by atoms with Crippen LogP contribution in [0.2, 0.25) is 0 Å². The lowest BCUT2D eigenvalue weighted by Crippen LogP contribution is -2.53. The van der Waals surface area contributed by atoms with Crippen LogP contribution in [-0.2, 0) is 9.53 Å². The Labute approximate surface area is 121 Å². The maximum Gasteiger partial charge on any atom is 0.227 e. The molecule has 0 radical (unpaired) electrons. The van der Waals surface area contributed by atoms with E-state index in [1.54, 1.807) is 0 Å². The average molecular weight is 284 g/mol. The van der Waals surface area contributed by atoms with E-state index in [-0.39, 0.29) is 5.91 Å². The summed E-state index contributed by atoms with van der Waals surface area (Å²) in [5, 5.41) is 13.3. The van der Waals surface area contributed by atoms with Gasteiger partial charge in [-0.3, -0.25) is 4.79 Å². The Hall–Kier alpha value is -0.650. The lowest BCUT2D eigenvalue weighted by atomic mass is 9.70. The van der Waals surface area contributed by atoms with Crippen molar-refractivity contribution in [3.8, 4) is 0 Å². The van der Waals surface area contributed by atoms with Gasteiger partial charge in [0.2, 0.25) is 5.91 Å². The predicted octanol–water partition coefficient (Wildman–Crippen LogP) is 0.799. The van der Waals surface area contributed by atoms with Crippen molar-refractivity contribution in [2.45, 2.75) is 51.0 Å². The van der Waals surface area contributed by atoms with E-state index in [1.807, 2.05) is 0 Å². The summed E-state index contributed by atoms with van der Waals surface area (Å²) in [5.74, 6) is 0.703. The van der Waals surface area contributed by atoms with Crippen molar-refractivity contribution in [3.63, 3.8) is 0 Å². The molecule has 2 fully saturated rings. The summed E-state index contributed by atoms with van der Waals surface area (Å²) in [6, 6.07) is 0. The van der Waals surface area contributed by atoms with Crippen LogP contribution in [0.4, 0.5) is 0 Å². The zero-order valence-electron chi connectivity index (χ0n) is 12.5. The van der Waals surface area contributed by atoms with Gasteiger partial charge in [-0.2, -0.15) is 0 Å². The first-order chi connectivity index (χ1) is 9.50. The number of rotatable bonds is 4. The van der Waals surface area contributed by atoms with Crippen molar-refractivity contribution in [2.24, 2.45) is 17.1 Å². The van der Waals surface area contributed by atoms with Gasteiger partial charge in [0.05, 0.1) is 11.0 Å². The number of hydrogen-bond donors (Lipinski definition) is 3. The summed E-state index contributed by atoms with van der Waals surface area (Å²) in [4.78, 5) is 12.5. The second-order valence-corrected chi connectivity index (χ2v) is 6.69. The Morgan fingerprint density at radius 3 is 2.45 bits per heavy atom. The molecule has 4 N–H and O–H groups in total. The molecule has 0 aromatic heterocycles. The second kappa shape index (κ2) is 6.41. The SMILES string of the molecule is CC1CCC(CN)(C(=O)NCC2(O)CCOCC2)CC1. The lowest BCUT2D eigenvalue weighted by molar-refractivity contribution is -0.135. The molecule has 1 heterocycles. The van der Waals surface area contributed by atoms with Gasteiger partial charge in [0.1, 0.15) is 0 Å². The van der Waals surface area contributed by atoms with Crippen molar-refractivity contribution < 1.29 is 14.6 Å². The molecule has 1 saturated carbocycles. The fourth-order valence-corrected chi connectivity index (χ4v) is 3.20. The number of ether oxygens (including phenoxy) is 1. The van der Waals surface area contributed by atoms with E-state index in [0.717, 1.165) is 25.7 Å². The molecule has 1 aliphatic heterocycles. The third kappa shape index (κ3) is 3.51. The van der Waals surface area contributed by atoms with Gasteiger partial charge in [0, 0.05) is 39.1 Å². The van der Waals surface area contributed by atoms with Crippen molar-refractivity contribution in [2.75, 3.05) is 26.3 Å². The molecule has 0 spiro atoms. The van der Waals surface area contributed by atoms with Gasteiger partial charge in [-0.05, 0) is 31.6 Å². The number of carbonyl (C=O) groups is 1. The Balaban J connectivity index is 1.89. The third-order valence-corrected chi connectivity index (χ3v) is 5.11. The Kier molecular flexibility index (Phi) is 5.04. The van der Waals surface area contributed by atoms with Crippen LogP contribution in [0, 0.1) is 11.3 Å². The van der Waals surface area contributed by atoms with E-state index in [1.165, 1.54) is 0 Å². The maximum absolute atomic E-state index is 12.5. The summed E-state index contributed by atoms with van der Waals surface area (Å²) in [7, 11) is 0. The molecular weight excluding hydrogens is 256 g/mol. The van der Waals surface area contributed by atoms with Crippen LogP contribution in [0.3, 0.4) is 0 Å². The van der Waals surface area contributed by atoms with E-state index in [0.29, 0.717) is 45.1 Å². The van der Waals surface area contributed by atoms with Crippen LogP contribution in [0.5, 0.6) is 0 Å². The predicted molar refractivity (Wildman–Crippen MR) is 77.1 cm³/mol. The second-order valence-electron chi connectivity index (χ2n) is 6.69. The molecule has 1 amide bonds. The fraction of sp³-hybridized carbons (Fsp3) is 0.933. The van der Waals surface area contributed by atoms with E-state index >= 15 is 0 Å². The molecular formula is C15H28N2O3. The number of hydrogen-bond acceptors (Lipinski definition) is 4. The van der Waals surface area contributed by atoms with E-state index in [9.17, 15) is 9.90 Å². The molecule has 1 aliphatic carbocycles. The number of nitrogens with two attached hydrogens (primary N) is 1. The highest BCUT2D eigenvalue weighted by atomic mass is 16.5. The Bertz CT molecular complexity index is 332. The summed E-state index contributed by atoms with van der Waals surface area (Å²) >= 11 is 0. The van der Waals surface area contributed by atoms with Crippen LogP contribution >= 0.6 is 0 Å². The van der Waals surface area contributed by atoms with Crippen LogP contribution in [0.1, 0.15) is 45.4 Å². The zero-order valence-corrected chi connectivity index (χ0v) is 12.5. The number of carbonyl (C=O) groups excluding carboxylic acids is 1. The molecule has 2 aliphatic rings. The first kappa shape index (κ1) is 15.7. The molecule has 1 saturated heterocycles. The number of amides is 1. The highest BCUT2D eigenvalue weighted by Crippen LogP contribution is 2.38. The van der Waals surface area contributed by atoms with Gasteiger partial charge in [-0.1, -0.05) is 6.92 Å². The summed E-state index contributed by atoms with van der Waals surface area (Å²) in [5.41, 5.74) is 4.65. The fourth-order valence-electron chi connectivity index (χ4n) is 3.20. The molecule has 0 bridgehead atoms. The highest BCUT2D eigenvalue weighted by molar-refractivity contribution is 5.83. The van der Waals surface area contributed by atoms with Gasteiger partial charge in [-0.25, -0.2) is 0 Å². The van der Waals surface area contributed by atoms with Gasteiger partial charge in [0.15, 0.2) is 0 Å². The first-order valence-electron chi connectivity index (χ1n) is 7.78. The molecule has 116 valence electrons. The minimum Gasteiger partial charge on any atom is -0.388 e. The quantitative estimate of drug-likeness (QED) is 0.713. The monoisotopic (exact) mass is 284 g/mol. The van der Waals surface area contributed by atoms with E-state index in [4.69, 9.17) is 10.5 Å². The van der Waals surface area contributed by atoms with Gasteiger partial charge in [0.25, 0.3) is 0 Å². The summed E-state index contributed by atoms with van der Waals surface area (Å²) < 4.78 is 5.25. The number of aliphatic hydroxyl groups is 1. The zero-order chi connectivity index (χ0) is 14.6. The first-order valence-corrected chi connectivity index (χ1v) is 7.78. The van der Waals surface area contributed by atoms with E-state index in [2.05, 4.69) is 12.2 Å². The maximum atomic E-state index is 12.5. The third-order valence-electron chi connectivity index (χ3n) is 5.11. The van der Waals surface area contributed by atoms with Crippen LogP contribution in [-0.4, -0.2) is 42.9 Å². The van der Waals surface area contributed by atoms with Gasteiger partial charge >= 0.3 is 0 Å². The van der Waals surface area contributed by atoms with Crippen molar-refractivity contribution in [1.82, 2.24) is 5.32 Å². The van der Waals surface area contributed by atoms with Crippen molar-refractivity contribution >= 4 is 5.91 Å². The Morgan fingerprint density at radius 2 is 1.90 bits per heavy atom. The molecule has 2 rings (SSSR count). The largest absolute Gasteiger partial charge is 0.388 e. The van der Waals surface area contributed by atoms with Crippen molar-refractivity contribution in [3.05, 3.63) is 0 Å². The minimum absolute atomic E-state index is 0.0202. The van der Waals surface area contributed by atoms with Crippen molar-refractivity contribution in [1.29, 1.82) is 0 Å².